The first-order valence-corrected chi connectivity index (χ1v) is 11.5. The number of aliphatic hydroxyl groups is 3. The Hall–Kier alpha value is -4.10. The van der Waals surface area contributed by atoms with Gasteiger partial charge in [-0.15, -0.1) is 0 Å². The summed E-state index contributed by atoms with van der Waals surface area (Å²) in [6, 6.07) is 7.86. The molecular formula is C26H26O12. The predicted octanol–water partition coefficient (Wildman–Crippen LogP) is 1.19. The second-order valence-corrected chi connectivity index (χ2v) is 8.44. The van der Waals surface area contributed by atoms with Crippen LogP contribution in [0.2, 0.25) is 0 Å². The van der Waals surface area contributed by atoms with Gasteiger partial charge in [0.1, 0.15) is 59.3 Å². The number of phenolic OH excluding ortho intramolecular Hbond substituents is 2. The van der Waals surface area contributed by atoms with E-state index in [2.05, 4.69) is 0 Å². The van der Waals surface area contributed by atoms with Crippen LogP contribution in [0, 0.1) is 0 Å². The zero-order chi connectivity index (χ0) is 27.6. The highest BCUT2D eigenvalue weighted by atomic mass is 16.7. The van der Waals surface area contributed by atoms with Crippen LogP contribution >= 0.6 is 0 Å². The minimum atomic E-state index is -1.71. The first-order valence-electron chi connectivity index (χ1n) is 11.5. The molecule has 1 fully saturated rings. The van der Waals surface area contributed by atoms with Crippen molar-refractivity contribution in [3.05, 3.63) is 58.8 Å². The summed E-state index contributed by atoms with van der Waals surface area (Å²) in [7, 11) is 1.37. The monoisotopic (exact) mass is 530 g/mol. The maximum absolute atomic E-state index is 12.8. The molecule has 5 atom stereocenters. The van der Waals surface area contributed by atoms with Gasteiger partial charge < -0.3 is 48.9 Å². The topological polar surface area (TPSA) is 185 Å². The number of allylic oxidation sites excluding steroid dienone is 1. The molecule has 0 spiro atoms. The maximum atomic E-state index is 12.8. The van der Waals surface area contributed by atoms with Gasteiger partial charge >= 0.3 is 5.97 Å². The number of fused-ring (bicyclic) bond motifs is 1. The fourth-order valence-electron chi connectivity index (χ4n) is 3.92. The highest BCUT2D eigenvalue weighted by Crippen LogP contribution is 2.35. The second kappa shape index (κ2) is 11.1. The number of carbonyl (C=O) groups is 1. The standard InChI is InChI=1S/C26H26O12/c1-3-4-21(30)35-11-20-23(31)24(32)25(33)26(38-20)36-13-8-15(28)22-16(29)10-17(37-19(22)9-13)12-5-6-14(27)18(7-12)34-2/h3-10,20,23-28,31-33H,11H2,1-2H3/b4-3+/t20?,23-,24+,25?,26-/m1/s1. The lowest BCUT2D eigenvalue weighted by Gasteiger charge is -2.39. The van der Waals surface area contributed by atoms with E-state index in [4.69, 9.17) is 23.4 Å². The molecule has 0 radical (unpaired) electrons. The first-order chi connectivity index (χ1) is 18.1. The van der Waals surface area contributed by atoms with Crippen LogP contribution in [0.4, 0.5) is 0 Å². The third-order valence-corrected chi connectivity index (χ3v) is 5.86. The van der Waals surface area contributed by atoms with Crippen LogP contribution in [0.25, 0.3) is 22.3 Å². The van der Waals surface area contributed by atoms with Crippen molar-refractivity contribution in [2.75, 3.05) is 13.7 Å². The Balaban J connectivity index is 1.63. The number of carbonyl (C=O) groups excluding carboxylic acids is 1. The van der Waals surface area contributed by atoms with Gasteiger partial charge in [0, 0.05) is 29.8 Å². The molecule has 0 aliphatic carbocycles. The smallest absolute Gasteiger partial charge is 0.330 e. The molecule has 3 aromatic rings. The maximum Gasteiger partial charge on any atom is 0.330 e. The number of esters is 1. The largest absolute Gasteiger partial charge is 0.507 e. The minimum Gasteiger partial charge on any atom is -0.507 e. The van der Waals surface area contributed by atoms with E-state index < -0.39 is 54.5 Å². The van der Waals surface area contributed by atoms with E-state index in [1.54, 1.807) is 6.92 Å². The van der Waals surface area contributed by atoms with E-state index in [9.17, 15) is 35.1 Å². The van der Waals surface area contributed by atoms with Crippen LogP contribution in [0.15, 0.2) is 57.8 Å². The lowest BCUT2D eigenvalue weighted by Crippen LogP contribution is -2.60. The number of benzene rings is 2. The number of aliphatic hydroxyl groups excluding tert-OH is 3. The van der Waals surface area contributed by atoms with Crippen LogP contribution in [0.3, 0.4) is 0 Å². The molecule has 5 N–H and O–H groups in total. The molecule has 1 aliphatic heterocycles. The molecule has 38 heavy (non-hydrogen) atoms. The Bertz CT molecular complexity index is 1410. The number of aromatic hydroxyl groups is 2. The fraction of sp³-hybridized carbons (Fsp3) is 0.308. The summed E-state index contributed by atoms with van der Waals surface area (Å²) in [6.07, 6.45) is -5.18. The van der Waals surface area contributed by atoms with E-state index in [-0.39, 0.29) is 34.0 Å². The Morgan fingerprint density at radius 2 is 1.79 bits per heavy atom. The molecule has 12 nitrogen and oxygen atoms in total. The molecule has 1 saturated heterocycles. The molecule has 1 aliphatic rings. The van der Waals surface area contributed by atoms with Crippen molar-refractivity contribution in [1.29, 1.82) is 0 Å². The van der Waals surface area contributed by atoms with Gasteiger partial charge in [-0.25, -0.2) is 4.79 Å². The average Bonchev–Trinajstić information content (AvgIpc) is 2.88. The molecule has 2 unspecified atom stereocenters. The highest BCUT2D eigenvalue weighted by molar-refractivity contribution is 5.86. The van der Waals surface area contributed by atoms with Gasteiger partial charge in [0.25, 0.3) is 0 Å². The second-order valence-electron chi connectivity index (χ2n) is 8.44. The SMILES string of the molecule is C/C=C/C(=O)OCC1O[C@@H](Oc2cc(O)c3c(=O)cc(-c4ccc(O)c(OC)c4)oc3c2)C(O)[C@@H](O)[C@@H]1O. The zero-order valence-corrected chi connectivity index (χ0v) is 20.3. The number of hydrogen-bond donors (Lipinski definition) is 5. The lowest BCUT2D eigenvalue weighted by atomic mass is 9.99. The van der Waals surface area contributed by atoms with Gasteiger partial charge in [0.05, 0.1) is 7.11 Å². The van der Waals surface area contributed by atoms with Gasteiger partial charge in [-0.3, -0.25) is 4.79 Å². The van der Waals surface area contributed by atoms with Crippen molar-refractivity contribution in [3.63, 3.8) is 0 Å². The van der Waals surface area contributed by atoms with Gasteiger partial charge in [0.15, 0.2) is 16.9 Å². The summed E-state index contributed by atoms with van der Waals surface area (Å²) in [4.78, 5) is 24.4. The predicted molar refractivity (Wildman–Crippen MR) is 131 cm³/mol. The normalized spacial score (nSPS) is 23.4. The summed E-state index contributed by atoms with van der Waals surface area (Å²) in [5, 5.41) is 51.1. The Morgan fingerprint density at radius 3 is 2.50 bits per heavy atom. The Labute approximate surface area is 215 Å². The molecule has 4 rings (SSSR count). The van der Waals surface area contributed by atoms with Gasteiger partial charge in [-0.1, -0.05) is 6.08 Å². The van der Waals surface area contributed by atoms with Crippen molar-refractivity contribution >= 4 is 16.9 Å². The van der Waals surface area contributed by atoms with Crippen molar-refractivity contribution in [2.24, 2.45) is 0 Å². The van der Waals surface area contributed by atoms with E-state index in [1.807, 2.05) is 0 Å². The van der Waals surface area contributed by atoms with Crippen molar-refractivity contribution in [1.82, 2.24) is 0 Å². The molecule has 0 bridgehead atoms. The van der Waals surface area contributed by atoms with Gasteiger partial charge in [-0.05, 0) is 25.1 Å². The zero-order valence-electron chi connectivity index (χ0n) is 20.3. The van der Waals surface area contributed by atoms with E-state index in [0.29, 0.717) is 5.56 Å². The molecule has 1 aromatic heterocycles. The molecule has 0 amide bonds. The van der Waals surface area contributed by atoms with Crippen molar-refractivity contribution in [3.8, 4) is 34.3 Å². The number of rotatable bonds is 7. The minimum absolute atomic E-state index is 0.0720. The van der Waals surface area contributed by atoms with Crippen LogP contribution in [-0.2, 0) is 14.3 Å². The van der Waals surface area contributed by atoms with Gasteiger partial charge in [0.2, 0.25) is 6.29 Å². The summed E-state index contributed by atoms with van der Waals surface area (Å²) in [5.41, 5.74) is -0.229. The quantitative estimate of drug-likeness (QED) is 0.217. The molecule has 2 heterocycles. The summed E-state index contributed by atoms with van der Waals surface area (Å²) in [5.74, 6) is -1.13. The third-order valence-electron chi connectivity index (χ3n) is 5.86. The number of ether oxygens (including phenoxy) is 4. The van der Waals surface area contributed by atoms with E-state index in [1.165, 1.54) is 43.5 Å². The van der Waals surface area contributed by atoms with Crippen LogP contribution in [0.5, 0.6) is 23.0 Å². The molecule has 202 valence electrons. The van der Waals surface area contributed by atoms with Gasteiger partial charge in [-0.2, -0.15) is 0 Å². The highest BCUT2D eigenvalue weighted by Gasteiger charge is 2.45. The lowest BCUT2D eigenvalue weighted by molar-refractivity contribution is -0.278. The number of hydrogen-bond acceptors (Lipinski definition) is 12. The summed E-state index contributed by atoms with van der Waals surface area (Å²) in [6.45, 7) is 1.17. The van der Waals surface area contributed by atoms with Crippen molar-refractivity contribution < 1.29 is 53.7 Å². The van der Waals surface area contributed by atoms with Crippen LogP contribution in [0.1, 0.15) is 6.92 Å². The summed E-state index contributed by atoms with van der Waals surface area (Å²) < 4.78 is 27.0. The number of phenols is 2. The molecule has 0 saturated carbocycles. The fourth-order valence-corrected chi connectivity index (χ4v) is 3.92. The van der Waals surface area contributed by atoms with E-state index >= 15 is 0 Å². The van der Waals surface area contributed by atoms with Crippen LogP contribution < -0.4 is 14.9 Å². The van der Waals surface area contributed by atoms with Crippen molar-refractivity contribution in [2.45, 2.75) is 37.6 Å². The summed E-state index contributed by atoms with van der Waals surface area (Å²) >= 11 is 0. The first kappa shape index (κ1) is 26.9. The van der Waals surface area contributed by atoms with E-state index in [0.717, 1.165) is 12.1 Å². The van der Waals surface area contributed by atoms with Crippen LogP contribution in [-0.4, -0.2) is 75.9 Å². The number of methoxy groups -OCH3 is 1. The molecule has 2 aromatic carbocycles. The average molecular weight is 530 g/mol. The Morgan fingerprint density at radius 1 is 1.03 bits per heavy atom. The Kier molecular flexibility index (Phi) is 7.88. The molecular weight excluding hydrogens is 504 g/mol. The molecule has 12 heteroatoms. The third kappa shape index (κ3) is 5.43.